The van der Waals surface area contributed by atoms with Gasteiger partial charge in [0.1, 0.15) is 0 Å². The summed E-state index contributed by atoms with van der Waals surface area (Å²) in [5.74, 6) is 0. The maximum Gasteiger partial charge on any atom is 0.469 e. The molecule has 0 aromatic rings. The minimum Gasteiger partial charge on any atom is -0.371 e. The Labute approximate surface area is 120 Å². The molecule has 0 spiro atoms. The van der Waals surface area contributed by atoms with Gasteiger partial charge >= 0.3 is 7.82 Å². The minimum absolute atomic E-state index is 0.0142. The molecule has 0 fully saturated rings. The van der Waals surface area contributed by atoms with Crippen LogP contribution in [0.2, 0.25) is 0 Å². The first-order chi connectivity index (χ1) is 8.99. The Bertz CT molecular complexity index is 421. The molecule has 20 heavy (non-hydrogen) atoms. The van der Waals surface area contributed by atoms with Crippen LogP contribution in [0.15, 0.2) is 0 Å². The van der Waals surface area contributed by atoms with Gasteiger partial charge in [-0.25, -0.2) is 13.0 Å². The molecule has 8 nitrogen and oxygen atoms in total. The molecule has 122 valence electrons. The minimum atomic E-state index is -4.61. The Morgan fingerprint density at radius 2 is 1.85 bits per heavy atom. The Balaban J connectivity index is 4.79. The lowest BCUT2D eigenvalue weighted by Gasteiger charge is -2.27. The summed E-state index contributed by atoms with van der Waals surface area (Å²) >= 11 is 0. The number of phosphoric ester groups is 1. The first-order valence-corrected chi connectivity index (χ1v) is 9.68. The monoisotopic (exact) mass is 333 g/mol. The van der Waals surface area contributed by atoms with Crippen LogP contribution in [0.5, 0.6) is 0 Å². The largest absolute Gasteiger partial charge is 0.469 e. The number of nitrogens with zero attached hydrogens (tertiary/aromatic N) is 1. The molecule has 10 heteroatoms. The Morgan fingerprint density at radius 3 is 2.20 bits per heavy atom. The van der Waals surface area contributed by atoms with Gasteiger partial charge in [-0.15, -0.1) is 0 Å². The van der Waals surface area contributed by atoms with E-state index in [2.05, 4.69) is 4.52 Å². The van der Waals surface area contributed by atoms with Crippen molar-refractivity contribution in [2.45, 2.75) is 39.4 Å². The summed E-state index contributed by atoms with van der Waals surface area (Å²) in [5, 5.41) is 0. The third-order valence-electron chi connectivity index (χ3n) is 2.66. The molecule has 0 rings (SSSR count). The molecule has 2 N–H and O–H groups in total. The Kier molecular flexibility index (Phi) is 8.42. The van der Waals surface area contributed by atoms with E-state index in [1.807, 2.05) is 6.92 Å². The molecule has 0 radical (unpaired) electrons. The lowest BCUT2D eigenvalue weighted by atomic mass is 10.3. The van der Waals surface area contributed by atoms with E-state index in [-0.39, 0.29) is 25.8 Å². The molecular weight excluding hydrogens is 309 g/mol. The van der Waals surface area contributed by atoms with Crippen LogP contribution in [0.3, 0.4) is 0 Å². The number of phosphoric acid groups is 1. The second kappa shape index (κ2) is 8.43. The van der Waals surface area contributed by atoms with Gasteiger partial charge in [0, 0.05) is 13.1 Å². The molecular formula is C10H24NO7PS. The van der Waals surface area contributed by atoms with Gasteiger partial charge in [0.25, 0.3) is 0 Å². The van der Waals surface area contributed by atoms with Crippen molar-refractivity contribution in [1.29, 1.82) is 0 Å². The maximum atomic E-state index is 11.5. The standard InChI is InChI=1S/C10H24NO7PS/c1-5-9(3)18-10(8-17-19(12,13)14)7-11(6-2)20(4,15)16/h9-10H,5-8H2,1-4H3,(H2,12,13,14)/t9-,10-/m0/s1. The van der Waals surface area contributed by atoms with Crippen LogP contribution in [0.1, 0.15) is 27.2 Å². The fourth-order valence-corrected chi connectivity index (χ4v) is 2.73. The summed E-state index contributed by atoms with van der Waals surface area (Å²) < 4.78 is 44.9. The van der Waals surface area contributed by atoms with E-state index in [0.717, 1.165) is 6.26 Å². The van der Waals surface area contributed by atoms with Gasteiger partial charge < -0.3 is 14.5 Å². The maximum absolute atomic E-state index is 11.5. The SMILES string of the molecule is CC[C@H](C)O[C@H](COP(=O)(O)O)CN(CC)S(C)(=O)=O. The summed E-state index contributed by atoms with van der Waals surface area (Å²) in [4.78, 5) is 17.4. The van der Waals surface area contributed by atoms with Crippen LogP contribution < -0.4 is 0 Å². The molecule has 0 aromatic carbocycles. The molecule has 0 saturated heterocycles. The van der Waals surface area contributed by atoms with Gasteiger partial charge in [0.05, 0.1) is 25.1 Å². The molecule has 0 unspecified atom stereocenters. The second-order valence-electron chi connectivity index (χ2n) is 4.48. The summed E-state index contributed by atoms with van der Waals surface area (Å²) in [6, 6.07) is 0. The van der Waals surface area contributed by atoms with Crippen molar-refractivity contribution in [3.8, 4) is 0 Å². The smallest absolute Gasteiger partial charge is 0.371 e. The normalized spacial score (nSPS) is 16.4. The average molecular weight is 333 g/mol. The quantitative estimate of drug-likeness (QED) is 0.562. The predicted molar refractivity (Wildman–Crippen MR) is 74.7 cm³/mol. The molecule has 0 bridgehead atoms. The zero-order valence-corrected chi connectivity index (χ0v) is 13.9. The van der Waals surface area contributed by atoms with Crippen molar-refractivity contribution < 1.29 is 32.0 Å². The van der Waals surface area contributed by atoms with Gasteiger partial charge in [0.15, 0.2) is 0 Å². The van der Waals surface area contributed by atoms with Gasteiger partial charge in [-0.2, -0.15) is 4.31 Å². The van der Waals surface area contributed by atoms with E-state index in [4.69, 9.17) is 14.5 Å². The van der Waals surface area contributed by atoms with Crippen molar-refractivity contribution in [3.05, 3.63) is 0 Å². The number of ether oxygens (including phenoxy) is 1. The lowest BCUT2D eigenvalue weighted by Crippen LogP contribution is -2.40. The highest BCUT2D eigenvalue weighted by molar-refractivity contribution is 7.88. The van der Waals surface area contributed by atoms with E-state index >= 15 is 0 Å². The molecule has 0 aliphatic heterocycles. The van der Waals surface area contributed by atoms with E-state index in [9.17, 15) is 13.0 Å². The third-order valence-corrected chi connectivity index (χ3v) is 4.49. The first-order valence-electron chi connectivity index (χ1n) is 6.30. The lowest BCUT2D eigenvalue weighted by molar-refractivity contribution is -0.0379. The topological polar surface area (TPSA) is 113 Å². The molecule has 0 heterocycles. The van der Waals surface area contributed by atoms with E-state index < -0.39 is 23.9 Å². The van der Waals surface area contributed by atoms with Crippen molar-refractivity contribution in [3.63, 3.8) is 0 Å². The molecule has 2 atom stereocenters. The van der Waals surface area contributed by atoms with Crippen molar-refractivity contribution in [1.82, 2.24) is 4.31 Å². The molecule has 0 aromatic heterocycles. The van der Waals surface area contributed by atoms with Gasteiger partial charge in [0.2, 0.25) is 10.0 Å². The molecule has 0 aliphatic carbocycles. The van der Waals surface area contributed by atoms with Gasteiger partial charge in [-0.1, -0.05) is 13.8 Å². The fraction of sp³-hybridized carbons (Fsp3) is 1.00. The summed E-state index contributed by atoms with van der Waals surface area (Å²) in [7, 11) is -8.01. The van der Waals surface area contributed by atoms with E-state index in [0.29, 0.717) is 6.42 Å². The zero-order chi connectivity index (χ0) is 16.0. The van der Waals surface area contributed by atoms with Crippen molar-refractivity contribution >= 4 is 17.8 Å². The summed E-state index contributed by atoms with van der Waals surface area (Å²) in [5.41, 5.74) is 0. The number of hydrogen-bond donors (Lipinski definition) is 2. The third kappa shape index (κ3) is 9.02. The number of likely N-dealkylation sites (N-methyl/N-ethyl adjacent to an activating group) is 1. The number of rotatable bonds is 10. The van der Waals surface area contributed by atoms with Gasteiger partial charge in [-0.05, 0) is 13.3 Å². The average Bonchev–Trinajstić information content (AvgIpc) is 2.29. The molecule has 0 saturated carbocycles. The first kappa shape index (κ1) is 20.0. The predicted octanol–water partition coefficient (Wildman–Crippen LogP) is 0.561. The zero-order valence-electron chi connectivity index (χ0n) is 12.2. The highest BCUT2D eigenvalue weighted by Gasteiger charge is 2.25. The highest BCUT2D eigenvalue weighted by Crippen LogP contribution is 2.36. The summed E-state index contributed by atoms with van der Waals surface area (Å²) in [6.45, 7) is 5.21. The van der Waals surface area contributed by atoms with Crippen molar-refractivity contribution in [2.75, 3.05) is 26.0 Å². The van der Waals surface area contributed by atoms with Crippen LogP contribution in [0, 0.1) is 0 Å². The molecule has 0 amide bonds. The second-order valence-corrected chi connectivity index (χ2v) is 7.70. The van der Waals surface area contributed by atoms with Crippen LogP contribution in [-0.2, 0) is 23.8 Å². The Morgan fingerprint density at radius 1 is 1.30 bits per heavy atom. The van der Waals surface area contributed by atoms with Crippen LogP contribution in [0.25, 0.3) is 0 Å². The van der Waals surface area contributed by atoms with Gasteiger partial charge in [-0.3, -0.25) is 4.52 Å². The van der Waals surface area contributed by atoms with E-state index in [1.165, 1.54) is 4.31 Å². The number of sulfonamides is 1. The highest BCUT2D eigenvalue weighted by atomic mass is 32.2. The molecule has 0 aliphatic rings. The van der Waals surface area contributed by atoms with E-state index in [1.54, 1.807) is 13.8 Å². The number of hydrogen-bond acceptors (Lipinski definition) is 5. The fourth-order valence-electron chi connectivity index (χ4n) is 1.47. The Hall–Kier alpha value is -0.0200. The van der Waals surface area contributed by atoms with Crippen LogP contribution in [-0.4, -0.2) is 60.7 Å². The van der Waals surface area contributed by atoms with Crippen LogP contribution in [0.4, 0.5) is 0 Å². The van der Waals surface area contributed by atoms with Crippen molar-refractivity contribution in [2.24, 2.45) is 0 Å². The summed E-state index contributed by atoms with van der Waals surface area (Å²) in [6.07, 6.45) is 0.851. The van der Waals surface area contributed by atoms with Crippen LogP contribution >= 0.6 is 7.82 Å².